The number of rotatable bonds is 7. The lowest BCUT2D eigenvalue weighted by atomic mass is 9.99. The zero-order valence-corrected chi connectivity index (χ0v) is 17.2. The molecule has 29 heavy (non-hydrogen) atoms. The molecular weight excluding hydrogens is 398 g/mol. The van der Waals surface area contributed by atoms with E-state index in [9.17, 15) is 4.79 Å². The van der Waals surface area contributed by atoms with Gasteiger partial charge in [-0.05, 0) is 29.2 Å². The summed E-state index contributed by atoms with van der Waals surface area (Å²) in [6, 6.07) is 28.0. The summed E-state index contributed by atoms with van der Waals surface area (Å²) < 4.78 is 0.835. The van der Waals surface area contributed by atoms with Gasteiger partial charge in [-0.3, -0.25) is 10.1 Å². The van der Waals surface area contributed by atoms with Crippen LogP contribution in [0.5, 0.6) is 0 Å². The highest BCUT2D eigenvalue weighted by molar-refractivity contribution is 8.00. The molecule has 1 amide bonds. The third kappa shape index (κ3) is 5.31. The summed E-state index contributed by atoms with van der Waals surface area (Å²) in [5, 5.41) is 11.7. The number of hydrogen-bond acceptors (Lipinski definition) is 5. The molecule has 1 aromatic heterocycles. The topological polar surface area (TPSA) is 54.9 Å². The number of nitrogens with zero attached hydrogens (tertiary/aromatic N) is 2. The van der Waals surface area contributed by atoms with Gasteiger partial charge in [0.1, 0.15) is 0 Å². The van der Waals surface area contributed by atoms with Crippen LogP contribution >= 0.6 is 23.1 Å². The average Bonchev–Trinajstić information content (AvgIpc) is 3.21. The first-order valence-electron chi connectivity index (χ1n) is 9.21. The number of thioether (sulfide) groups is 1. The number of carbonyl (C=O) groups excluding carboxylic acids is 1. The van der Waals surface area contributed by atoms with E-state index < -0.39 is 0 Å². The van der Waals surface area contributed by atoms with Gasteiger partial charge in [0.25, 0.3) is 5.91 Å². The van der Waals surface area contributed by atoms with E-state index in [-0.39, 0.29) is 5.91 Å². The molecule has 0 saturated carbocycles. The Balaban J connectivity index is 1.42. The molecule has 0 saturated heterocycles. The number of carbonyl (C=O) groups is 1. The summed E-state index contributed by atoms with van der Waals surface area (Å²) in [5.41, 5.74) is 4.04. The van der Waals surface area contributed by atoms with E-state index in [0.717, 1.165) is 15.7 Å². The number of nitrogens with one attached hydrogen (secondary N) is 1. The molecule has 0 aliphatic carbocycles. The lowest BCUT2D eigenvalue weighted by molar-refractivity contribution is 0.102. The third-order valence-corrected chi connectivity index (χ3v) is 6.37. The predicted molar refractivity (Wildman–Crippen MR) is 120 cm³/mol. The van der Waals surface area contributed by atoms with Gasteiger partial charge in [-0.15, -0.1) is 10.2 Å². The second kappa shape index (κ2) is 9.49. The van der Waals surface area contributed by atoms with Crippen molar-refractivity contribution in [2.75, 3.05) is 5.32 Å². The zero-order chi connectivity index (χ0) is 19.9. The number of benzene rings is 3. The third-order valence-electron chi connectivity index (χ3n) is 4.33. The quantitative estimate of drug-likeness (QED) is 0.311. The second-order valence-corrected chi connectivity index (χ2v) is 8.62. The van der Waals surface area contributed by atoms with E-state index in [4.69, 9.17) is 0 Å². The molecule has 0 aliphatic heterocycles. The summed E-state index contributed by atoms with van der Waals surface area (Å²) in [6.45, 7) is 0. The minimum atomic E-state index is -0.160. The second-order valence-electron chi connectivity index (χ2n) is 6.42. The van der Waals surface area contributed by atoms with Crippen LogP contribution in [0.3, 0.4) is 0 Å². The Morgan fingerprint density at radius 2 is 1.48 bits per heavy atom. The van der Waals surface area contributed by atoms with Gasteiger partial charge in [0.05, 0.1) is 0 Å². The molecule has 4 aromatic rings. The molecule has 3 aromatic carbocycles. The Kier molecular flexibility index (Phi) is 6.34. The van der Waals surface area contributed by atoms with Gasteiger partial charge >= 0.3 is 0 Å². The molecule has 0 atom stereocenters. The molecule has 144 valence electrons. The molecule has 0 spiro atoms. The summed E-state index contributed by atoms with van der Waals surface area (Å²) in [4.78, 5) is 12.8. The van der Waals surface area contributed by atoms with Gasteiger partial charge in [0.2, 0.25) is 5.13 Å². The van der Waals surface area contributed by atoms with Gasteiger partial charge in [-0.25, -0.2) is 0 Å². The first-order valence-corrected chi connectivity index (χ1v) is 11.0. The summed E-state index contributed by atoms with van der Waals surface area (Å²) >= 11 is 3.01. The molecule has 4 rings (SSSR count). The molecule has 4 nitrogen and oxygen atoms in total. The van der Waals surface area contributed by atoms with E-state index in [1.165, 1.54) is 22.5 Å². The Morgan fingerprint density at radius 3 is 2.24 bits per heavy atom. The first-order chi connectivity index (χ1) is 14.3. The van der Waals surface area contributed by atoms with Gasteiger partial charge < -0.3 is 0 Å². The van der Waals surface area contributed by atoms with Gasteiger partial charge in [0, 0.05) is 11.3 Å². The predicted octanol–water partition coefficient (Wildman–Crippen LogP) is 5.67. The minimum Gasteiger partial charge on any atom is -0.296 e. The van der Waals surface area contributed by atoms with Crippen LogP contribution in [0.25, 0.3) is 0 Å². The maximum atomic E-state index is 12.8. The standard InChI is InChI=1S/C23H19N3OS2/c27-21(20-14-8-7-13-19(20)15-17-9-3-1-4-10-17)24-22-25-26-23(29-22)28-16-18-11-5-2-6-12-18/h1-14H,15-16H2,(H,24,25,27). The highest BCUT2D eigenvalue weighted by Gasteiger charge is 2.14. The Hall–Kier alpha value is -2.96. The molecule has 0 aliphatic rings. The van der Waals surface area contributed by atoms with Gasteiger partial charge in [-0.1, -0.05) is 102 Å². The highest BCUT2D eigenvalue weighted by atomic mass is 32.2. The van der Waals surface area contributed by atoms with Crippen LogP contribution in [0, 0.1) is 0 Å². The van der Waals surface area contributed by atoms with E-state index in [0.29, 0.717) is 17.1 Å². The smallest absolute Gasteiger partial charge is 0.257 e. The maximum Gasteiger partial charge on any atom is 0.257 e. The summed E-state index contributed by atoms with van der Waals surface area (Å²) in [5.74, 6) is 0.663. The van der Waals surface area contributed by atoms with E-state index in [1.54, 1.807) is 11.8 Å². The van der Waals surface area contributed by atoms with Crippen molar-refractivity contribution in [1.82, 2.24) is 10.2 Å². The van der Waals surface area contributed by atoms with Gasteiger partial charge in [0.15, 0.2) is 4.34 Å². The van der Waals surface area contributed by atoms with Gasteiger partial charge in [-0.2, -0.15) is 0 Å². The van der Waals surface area contributed by atoms with E-state index in [2.05, 4.69) is 39.8 Å². The fraction of sp³-hybridized carbons (Fsp3) is 0.0870. The number of aromatic nitrogens is 2. The fourth-order valence-electron chi connectivity index (χ4n) is 2.91. The molecule has 1 N–H and O–H groups in total. The molecule has 0 unspecified atom stereocenters. The molecule has 0 bridgehead atoms. The van der Waals surface area contributed by atoms with Crippen LogP contribution in [0.15, 0.2) is 89.3 Å². The van der Waals surface area contributed by atoms with Crippen molar-refractivity contribution in [3.05, 3.63) is 107 Å². The van der Waals surface area contributed by atoms with E-state index >= 15 is 0 Å². The first kappa shape index (κ1) is 19.4. The number of hydrogen-bond donors (Lipinski definition) is 1. The van der Waals surface area contributed by atoms with Crippen LogP contribution in [0.1, 0.15) is 27.0 Å². The monoisotopic (exact) mass is 417 g/mol. The number of amides is 1. The lowest BCUT2D eigenvalue weighted by Crippen LogP contribution is -2.14. The highest BCUT2D eigenvalue weighted by Crippen LogP contribution is 2.28. The summed E-state index contributed by atoms with van der Waals surface area (Å²) in [6.07, 6.45) is 0.707. The molecular formula is C23H19N3OS2. The zero-order valence-electron chi connectivity index (χ0n) is 15.6. The van der Waals surface area contributed by atoms with Crippen LogP contribution in [-0.4, -0.2) is 16.1 Å². The summed E-state index contributed by atoms with van der Waals surface area (Å²) in [7, 11) is 0. The Bertz CT molecular complexity index is 1080. The van der Waals surface area contributed by atoms with Crippen LogP contribution in [0.2, 0.25) is 0 Å². The molecule has 1 heterocycles. The van der Waals surface area contributed by atoms with E-state index in [1.807, 2.05) is 60.7 Å². The molecule has 6 heteroatoms. The SMILES string of the molecule is O=C(Nc1nnc(SCc2ccccc2)s1)c1ccccc1Cc1ccccc1. The number of anilines is 1. The minimum absolute atomic E-state index is 0.160. The van der Waals surface area contributed by atoms with Crippen molar-refractivity contribution >= 4 is 34.1 Å². The maximum absolute atomic E-state index is 12.8. The largest absolute Gasteiger partial charge is 0.296 e. The van der Waals surface area contributed by atoms with Crippen molar-refractivity contribution in [3.8, 4) is 0 Å². The van der Waals surface area contributed by atoms with Crippen LogP contribution in [0.4, 0.5) is 5.13 Å². The van der Waals surface area contributed by atoms with Crippen molar-refractivity contribution in [1.29, 1.82) is 0 Å². The van der Waals surface area contributed by atoms with Crippen molar-refractivity contribution in [2.45, 2.75) is 16.5 Å². The van der Waals surface area contributed by atoms with Crippen LogP contribution < -0.4 is 5.32 Å². The average molecular weight is 418 g/mol. The lowest BCUT2D eigenvalue weighted by Gasteiger charge is -2.09. The van der Waals surface area contributed by atoms with Crippen molar-refractivity contribution in [2.24, 2.45) is 0 Å². The van der Waals surface area contributed by atoms with Crippen molar-refractivity contribution in [3.63, 3.8) is 0 Å². The Labute approximate surface area is 178 Å². The molecule has 0 fully saturated rings. The van der Waals surface area contributed by atoms with Crippen LogP contribution in [-0.2, 0) is 12.2 Å². The normalized spacial score (nSPS) is 10.6. The Morgan fingerprint density at radius 1 is 0.828 bits per heavy atom. The fourth-order valence-corrected chi connectivity index (χ4v) is 4.62. The molecule has 0 radical (unpaired) electrons. The van der Waals surface area contributed by atoms with Crippen molar-refractivity contribution < 1.29 is 4.79 Å².